The summed E-state index contributed by atoms with van der Waals surface area (Å²) in [4.78, 5) is 12.3. The number of carbonyl (C=O) groups excluding carboxylic acids is 1. The molecule has 0 radical (unpaired) electrons. The Morgan fingerprint density at radius 3 is 2.36 bits per heavy atom. The molecule has 152 valence electrons. The molecule has 0 saturated heterocycles. The topological polar surface area (TPSA) is 66.5 Å². The van der Waals surface area contributed by atoms with E-state index in [0.29, 0.717) is 26.6 Å². The van der Waals surface area contributed by atoms with Gasteiger partial charge in [-0.1, -0.05) is 29.3 Å². The van der Waals surface area contributed by atoms with Crippen LogP contribution in [0.2, 0.25) is 10.0 Å². The number of carbonyl (C=O) groups is 1. The van der Waals surface area contributed by atoms with Crippen LogP contribution in [0.25, 0.3) is 0 Å². The predicted molar refractivity (Wildman–Crippen MR) is 103 cm³/mol. The van der Waals surface area contributed by atoms with E-state index in [1.54, 1.807) is 25.1 Å². The van der Waals surface area contributed by atoms with E-state index in [1.165, 1.54) is 0 Å². The second-order valence-corrected chi connectivity index (χ2v) is 8.61. The molecule has 0 aliphatic carbocycles. The van der Waals surface area contributed by atoms with Crippen LogP contribution in [0.5, 0.6) is 0 Å². The second-order valence-electron chi connectivity index (χ2n) is 5.89. The number of halogens is 5. The zero-order valence-corrected chi connectivity index (χ0v) is 17.0. The predicted octanol–water partition coefficient (Wildman–Crippen LogP) is 4.73. The van der Waals surface area contributed by atoms with Crippen LogP contribution in [0.15, 0.2) is 36.4 Å². The summed E-state index contributed by atoms with van der Waals surface area (Å²) in [5, 5.41) is 2.32. The van der Waals surface area contributed by atoms with Gasteiger partial charge in [-0.15, -0.1) is 0 Å². The van der Waals surface area contributed by atoms with Crippen molar-refractivity contribution in [2.45, 2.75) is 13.1 Å². The third-order valence-electron chi connectivity index (χ3n) is 3.77. The Balaban J connectivity index is 2.36. The SMILES string of the molecule is Cc1c(Cl)cccc1NC(=O)CN(c1ccc(Cl)c(C(F)(F)F)c1)S(C)(=O)=O. The number of amides is 1. The Kier molecular flexibility index (Phi) is 6.52. The lowest BCUT2D eigenvalue weighted by Gasteiger charge is -2.23. The second kappa shape index (κ2) is 8.18. The average Bonchev–Trinajstić information content (AvgIpc) is 2.55. The Hall–Kier alpha value is -1.97. The van der Waals surface area contributed by atoms with Crippen molar-refractivity contribution in [2.75, 3.05) is 22.4 Å². The first-order valence-corrected chi connectivity index (χ1v) is 10.3. The summed E-state index contributed by atoms with van der Waals surface area (Å²) >= 11 is 11.5. The van der Waals surface area contributed by atoms with Gasteiger partial charge in [0.1, 0.15) is 6.54 Å². The van der Waals surface area contributed by atoms with E-state index in [-0.39, 0.29) is 5.69 Å². The van der Waals surface area contributed by atoms with Crippen LogP contribution in [0.1, 0.15) is 11.1 Å². The van der Waals surface area contributed by atoms with E-state index in [2.05, 4.69) is 5.32 Å². The van der Waals surface area contributed by atoms with Crippen LogP contribution in [-0.4, -0.2) is 27.1 Å². The lowest BCUT2D eigenvalue weighted by Crippen LogP contribution is -2.37. The number of nitrogens with zero attached hydrogens (tertiary/aromatic N) is 1. The summed E-state index contributed by atoms with van der Waals surface area (Å²) in [5.74, 6) is -0.751. The van der Waals surface area contributed by atoms with E-state index in [0.717, 1.165) is 18.4 Å². The van der Waals surface area contributed by atoms with Crippen LogP contribution in [-0.2, 0) is 21.0 Å². The number of rotatable bonds is 5. The van der Waals surface area contributed by atoms with Crippen molar-refractivity contribution in [3.8, 4) is 0 Å². The van der Waals surface area contributed by atoms with Crippen molar-refractivity contribution in [2.24, 2.45) is 0 Å². The molecule has 2 rings (SSSR count). The summed E-state index contributed by atoms with van der Waals surface area (Å²) in [6, 6.07) is 7.37. The van der Waals surface area contributed by atoms with Crippen LogP contribution in [0, 0.1) is 6.92 Å². The molecule has 0 aromatic heterocycles. The van der Waals surface area contributed by atoms with Gasteiger partial charge in [-0.2, -0.15) is 13.2 Å². The van der Waals surface area contributed by atoms with Gasteiger partial charge in [-0.25, -0.2) is 8.42 Å². The van der Waals surface area contributed by atoms with E-state index < -0.39 is 39.2 Å². The first kappa shape index (κ1) is 22.3. The molecular weight excluding hydrogens is 440 g/mol. The highest BCUT2D eigenvalue weighted by molar-refractivity contribution is 7.92. The lowest BCUT2D eigenvalue weighted by molar-refractivity contribution is -0.137. The maximum atomic E-state index is 13.1. The number of alkyl halides is 3. The summed E-state index contributed by atoms with van der Waals surface area (Å²) in [6.07, 6.45) is -4.00. The number of hydrogen-bond acceptors (Lipinski definition) is 3. The molecule has 0 atom stereocenters. The van der Waals surface area contributed by atoms with Gasteiger partial charge in [-0.05, 0) is 42.8 Å². The Morgan fingerprint density at radius 1 is 1.14 bits per heavy atom. The molecule has 2 aromatic rings. The number of hydrogen-bond donors (Lipinski definition) is 1. The molecule has 0 saturated carbocycles. The van der Waals surface area contributed by atoms with Gasteiger partial charge in [0.05, 0.1) is 22.5 Å². The van der Waals surface area contributed by atoms with Crippen LogP contribution in [0.3, 0.4) is 0 Å². The van der Waals surface area contributed by atoms with E-state index in [4.69, 9.17) is 23.2 Å². The highest BCUT2D eigenvalue weighted by Gasteiger charge is 2.34. The molecule has 0 aliphatic rings. The van der Waals surface area contributed by atoms with Crippen LogP contribution in [0.4, 0.5) is 24.5 Å². The van der Waals surface area contributed by atoms with Gasteiger partial charge >= 0.3 is 6.18 Å². The molecule has 1 amide bonds. The molecule has 0 aliphatic heterocycles. The molecule has 11 heteroatoms. The third kappa shape index (κ3) is 5.30. The smallest absolute Gasteiger partial charge is 0.324 e. The van der Waals surface area contributed by atoms with Crippen molar-refractivity contribution < 1.29 is 26.4 Å². The van der Waals surface area contributed by atoms with Crippen molar-refractivity contribution in [1.29, 1.82) is 0 Å². The molecule has 0 spiro atoms. The monoisotopic (exact) mass is 454 g/mol. The van der Waals surface area contributed by atoms with Crippen molar-refractivity contribution in [3.05, 3.63) is 57.6 Å². The van der Waals surface area contributed by atoms with E-state index in [9.17, 15) is 26.4 Å². The first-order chi connectivity index (χ1) is 12.8. The van der Waals surface area contributed by atoms with Crippen molar-refractivity contribution >= 4 is 50.5 Å². The molecule has 0 unspecified atom stereocenters. The molecule has 0 bridgehead atoms. The molecule has 0 heterocycles. The molecule has 5 nitrogen and oxygen atoms in total. The number of nitrogens with one attached hydrogen (secondary N) is 1. The Morgan fingerprint density at radius 2 is 1.79 bits per heavy atom. The van der Waals surface area contributed by atoms with E-state index in [1.807, 2.05) is 0 Å². The van der Waals surface area contributed by atoms with Gasteiger partial charge in [0, 0.05) is 10.7 Å². The molecule has 0 fully saturated rings. The summed E-state index contributed by atoms with van der Waals surface area (Å²) in [5.41, 5.74) is -0.615. The average molecular weight is 455 g/mol. The standard InChI is InChI=1S/C17H15Cl2F3N2O3S/c1-10-13(18)4-3-5-15(10)23-16(25)9-24(28(2,26)27)11-6-7-14(19)12(8-11)17(20,21)22/h3-8H,9H2,1-2H3,(H,23,25). The highest BCUT2D eigenvalue weighted by Crippen LogP contribution is 2.37. The lowest BCUT2D eigenvalue weighted by atomic mass is 10.2. The minimum absolute atomic E-state index is 0.336. The normalized spacial score (nSPS) is 12.0. The minimum atomic E-state index is -4.78. The van der Waals surface area contributed by atoms with Crippen LogP contribution >= 0.6 is 23.2 Å². The number of anilines is 2. The first-order valence-electron chi connectivity index (χ1n) is 7.70. The Labute approximate surface area is 170 Å². The van der Waals surface area contributed by atoms with Gasteiger partial charge in [-0.3, -0.25) is 9.10 Å². The minimum Gasteiger partial charge on any atom is -0.324 e. The zero-order valence-electron chi connectivity index (χ0n) is 14.6. The van der Waals surface area contributed by atoms with Gasteiger partial charge < -0.3 is 5.32 Å². The van der Waals surface area contributed by atoms with Crippen molar-refractivity contribution in [3.63, 3.8) is 0 Å². The zero-order chi connectivity index (χ0) is 21.3. The Bertz CT molecular complexity index is 1010. The maximum absolute atomic E-state index is 13.1. The fourth-order valence-corrected chi connectivity index (χ4v) is 3.60. The summed E-state index contributed by atoms with van der Waals surface area (Å²) in [7, 11) is -4.06. The summed E-state index contributed by atoms with van der Waals surface area (Å²) < 4.78 is 64.0. The van der Waals surface area contributed by atoms with E-state index >= 15 is 0 Å². The fraction of sp³-hybridized carbons (Fsp3) is 0.235. The quantitative estimate of drug-likeness (QED) is 0.710. The molecule has 1 N–H and O–H groups in total. The largest absolute Gasteiger partial charge is 0.417 e. The molecular formula is C17H15Cl2F3N2O3S. The van der Waals surface area contributed by atoms with Gasteiger partial charge in [0.15, 0.2) is 0 Å². The summed E-state index contributed by atoms with van der Waals surface area (Å²) in [6.45, 7) is 0.921. The highest BCUT2D eigenvalue weighted by atomic mass is 35.5. The fourth-order valence-electron chi connectivity index (χ4n) is 2.35. The van der Waals surface area contributed by atoms with Crippen LogP contribution < -0.4 is 9.62 Å². The third-order valence-corrected chi connectivity index (χ3v) is 5.65. The number of sulfonamides is 1. The number of benzene rings is 2. The maximum Gasteiger partial charge on any atom is 0.417 e. The molecule has 2 aromatic carbocycles. The van der Waals surface area contributed by atoms with Gasteiger partial charge in [0.25, 0.3) is 0 Å². The van der Waals surface area contributed by atoms with Gasteiger partial charge in [0.2, 0.25) is 15.9 Å². The molecule has 28 heavy (non-hydrogen) atoms. The van der Waals surface area contributed by atoms with Crippen molar-refractivity contribution in [1.82, 2.24) is 0 Å².